The Balaban J connectivity index is 2.12. The number of carbonyl (C=O) groups excluding carboxylic acids is 1. The molecule has 0 bridgehead atoms. The van der Waals surface area contributed by atoms with Gasteiger partial charge in [-0.25, -0.2) is 4.98 Å². The van der Waals surface area contributed by atoms with Crippen LogP contribution in [0, 0.1) is 0 Å². The fraction of sp³-hybridized carbons (Fsp3) is 0.467. The number of allylic oxidation sites excluding steroid dienone is 1. The molecule has 0 radical (unpaired) electrons. The van der Waals surface area contributed by atoms with Crippen molar-refractivity contribution in [2.24, 2.45) is 0 Å². The summed E-state index contributed by atoms with van der Waals surface area (Å²) in [6, 6.07) is 3.68. The Hall–Kier alpha value is -1.35. The third kappa shape index (κ3) is 3.80. The normalized spacial score (nSPS) is 18.6. The lowest BCUT2D eigenvalue weighted by Gasteiger charge is -2.19. The number of nitrogens with one attached hydrogen (secondary N) is 1. The number of hydrogen-bond acceptors (Lipinski definition) is 2. The van der Waals surface area contributed by atoms with Gasteiger partial charge in [-0.05, 0) is 37.3 Å². The molecule has 0 saturated heterocycles. The molecule has 0 aromatic carbocycles. The van der Waals surface area contributed by atoms with Gasteiger partial charge in [0.05, 0.1) is 0 Å². The van der Waals surface area contributed by atoms with Gasteiger partial charge >= 0.3 is 0 Å². The summed E-state index contributed by atoms with van der Waals surface area (Å²) in [5.74, 6) is 0.189. The highest BCUT2D eigenvalue weighted by molar-refractivity contribution is 6.29. The first-order valence-corrected chi connectivity index (χ1v) is 7.07. The summed E-state index contributed by atoms with van der Waals surface area (Å²) in [4.78, 5) is 16.5. The van der Waals surface area contributed by atoms with Crippen LogP contribution in [-0.4, -0.2) is 16.9 Å². The van der Waals surface area contributed by atoms with Gasteiger partial charge < -0.3 is 5.32 Å². The van der Waals surface area contributed by atoms with Crippen LogP contribution in [0.1, 0.15) is 55.1 Å². The van der Waals surface area contributed by atoms with Gasteiger partial charge in [-0.3, -0.25) is 4.79 Å². The minimum absolute atomic E-state index is 0.0634. The maximum Gasteiger partial charge on any atom is 0.251 e. The van der Waals surface area contributed by atoms with Crippen molar-refractivity contribution < 1.29 is 4.79 Å². The van der Waals surface area contributed by atoms with Crippen LogP contribution < -0.4 is 5.32 Å². The zero-order chi connectivity index (χ0) is 13.8. The second kappa shape index (κ2) is 6.20. The standard InChI is InChI=1S/C15H19ClN2O/c1-10(2)13-8-11(9-14(16)18-13)15(19)17-12-6-4-3-5-7-12/h3-4,8-10,12H,5-7H2,1-2H3,(H,17,19). The van der Waals surface area contributed by atoms with Crippen LogP contribution in [-0.2, 0) is 0 Å². The van der Waals surface area contributed by atoms with E-state index in [4.69, 9.17) is 11.6 Å². The van der Waals surface area contributed by atoms with Crippen LogP contribution in [0.5, 0.6) is 0 Å². The van der Waals surface area contributed by atoms with Crippen LogP contribution in [0.2, 0.25) is 5.15 Å². The van der Waals surface area contributed by atoms with E-state index in [2.05, 4.69) is 22.5 Å². The lowest BCUT2D eigenvalue weighted by atomic mass is 10.0. The lowest BCUT2D eigenvalue weighted by molar-refractivity contribution is 0.0934. The summed E-state index contributed by atoms with van der Waals surface area (Å²) in [5.41, 5.74) is 1.44. The Labute approximate surface area is 119 Å². The molecule has 2 rings (SSSR count). The van der Waals surface area contributed by atoms with Crippen LogP contribution >= 0.6 is 11.6 Å². The summed E-state index contributed by atoms with van der Waals surface area (Å²) in [5, 5.41) is 3.43. The average Bonchev–Trinajstić information content (AvgIpc) is 2.39. The Bertz CT molecular complexity index is 497. The predicted molar refractivity (Wildman–Crippen MR) is 77.6 cm³/mol. The van der Waals surface area contributed by atoms with Crippen molar-refractivity contribution in [1.29, 1.82) is 0 Å². The van der Waals surface area contributed by atoms with Crippen molar-refractivity contribution >= 4 is 17.5 Å². The molecule has 1 heterocycles. The Kier molecular flexibility index (Phi) is 4.59. The van der Waals surface area contributed by atoms with Gasteiger partial charge in [0.1, 0.15) is 5.15 Å². The minimum atomic E-state index is -0.0634. The number of aromatic nitrogens is 1. The monoisotopic (exact) mass is 278 g/mol. The molecule has 0 spiro atoms. The van der Waals surface area contributed by atoms with Gasteiger partial charge in [-0.1, -0.05) is 37.6 Å². The Morgan fingerprint density at radius 1 is 1.42 bits per heavy atom. The van der Waals surface area contributed by atoms with Crippen LogP contribution in [0.25, 0.3) is 0 Å². The SMILES string of the molecule is CC(C)c1cc(C(=O)NC2CC=CCC2)cc(Cl)n1. The molecule has 3 nitrogen and oxygen atoms in total. The molecule has 1 atom stereocenters. The van der Waals surface area contributed by atoms with Gasteiger partial charge in [-0.15, -0.1) is 0 Å². The molecular formula is C15H19ClN2O. The zero-order valence-corrected chi connectivity index (χ0v) is 12.1. The van der Waals surface area contributed by atoms with E-state index < -0.39 is 0 Å². The van der Waals surface area contributed by atoms with Gasteiger partial charge in [0.2, 0.25) is 0 Å². The van der Waals surface area contributed by atoms with Crippen molar-refractivity contribution in [1.82, 2.24) is 10.3 Å². The third-order valence-corrected chi connectivity index (χ3v) is 3.47. The second-order valence-electron chi connectivity index (χ2n) is 5.21. The number of pyridine rings is 1. The average molecular weight is 279 g/mol. The molecule has 19 heavy (non-hydrogen) atoms. The predicted octanol–water partition coefficient (Wildman–Crippen LogP) is 3.70. The van der Waals surface area contributed by atoms with Gasteiger partial charge in [0.15, 0.2) is 0 Å². The number of nitrogens with zero attached hydrogens (tertiary/aromatic N) is 1. The molecule has 1 aliphatic carbocycles. The highest BCUT2D eigenvalue weighted by Crippen LogP contribution is 2.18. The van der Waals surface area contributed by atoms with Crippen molar-refractivity contribution in [2.45, 2.75) is 45.1 Å². The maximum atomic E-state index is 12.2. The van der Waals surface area contributed by atoms with E-state index in [1.54, 1.807) is 6.07 Å². The van der Waals surface area contributed by atoms with Crippen LogP contribution in [0.15, 0.2) is 24.3 Å². The second-order valence-corrected chi connectivity index (χ2v) is 5.60. The van der Waals surface area contributed by atoms with Gasteiger partial charge in [0, 0.05) is 17.3 Å². The van der Waals surface area contributed by atoms with Crippen molar-refractivity contribution in [3.63, 3.8) is 0 Å². The molecule has 1 aromatic heterocycles. The topological polar surface area (TPSA) is 42.0 Å². The lowest BCUT2D eigenvalue weighted by Crippen LogP contribution is -2.35. The molecular weight excluding hydrogens is 260 g/mol. The number of amides is 1. The van der Waals surface area contributed by atoms with E-state index in [9.17, 15) is 4.79 Å². The van der Waals surface area contributed by atoms with Crippen molar-refractivity contribution in [3.8, 4) is 0 Å². The first-order chi connectivity index (χ1) is 9.06. The first kappa shape index (κ1) is 14.1. The molecule has 1 aliphatic rings. The summed E-state index contributed by atoms with van der Waals surface area (Å²) in [6.45, 7) is 4.07. The fourth-order valence-electron chi connectivity index (χ4n) is 2.14. The minimum Gasteiger partial charge on any atom is -0.349 e. The molecule has 1 unspecified atom stereocenters. The number of rotatable bonds is 3. The maximum absolute atomic E-state index is 12.2. The van der Waals surface area contributed by atoms with E-state index in [0.29, 0.717) is 10.7 Å². The third-order valence-electron chi connectivity index (χ3n) is 3.27. The zero-order valence-electron chi connectivity index (χ0n) is 11.3. The van der Waals surface area contributed by atoms with Crippen LogP contribution in [0.4, 0.5) is 0 Å². The van der Waals surface area contributed by atoms with E-state index in [-0.39, 0.29) is 17.9 Å². The van der Waals surface area contributed by atoms with E-state index >= 15 is 0 Å². The molecule has 0 fully saturated rings. The summed E-state index contributed by atoms with van der Waals surface area (Å²) in [6.07, 6.45) is 7.20. The summed E-state index contributed by atoms with van der Waals surface area (Å²) >= 11 is 5.98. The molecule has 0 saturated carbocycles. The van der Waals surface area contributed by atoms with E-state index in [0.717, 1.165) is 25.0 Å². The molecule has 102 valence electrons. The quantitative estimate of drug-likeness (QED) is 0.677. The van der Waals surface area contributed by atoms with Gasteiger partial charge in [0.25, 0.3) is 5.91 Å². The summed E-state index contributed by atoms with van der Waals surface area (Å²) < 4.78 is 0. The largest absolute Gasteiger partial charge is 0.349 e. The molecule has 1 aromatic rings. The number of hydrogen-bond donors (Lipinski definition) is 1. The molecule has 1 N–H and O–H groups in total. The highest BCUT2D eigenvalue weighted by atomic mass is 35.5. The molecule has 4 heteroatoms. The Morgan fingerprint density at radius 3 is 2.84 bits per heavy atom. The summed E-state index contributed by atoms with van der Waals surface area (Å²) in [7, 11) is 0. The Morgan fingerprint density at radius 2 is 2.21 bits per heavy atom. The van der Waals surface area contributed by atoms with E-state index in [1.807, 2.05) is 19.9 Å². The number of carbonyl (C=O) groups is 1. The highest BCUT2D eigenvalue weighted by Gasteiger charge is 2.16. The van der Waals surface area contributed by atoms with Crippen molar-refractivity contribution in [3.05, 3.63) is 40.7 Å². The fourth-order valence-corrected chi connectivity index (χ4v) is 2.35. The number of halogens is 1. The van der Waals surface area contributed by atoms with Crippen LogP contribution in [0.3, 0.4) is 0 Å². The van der Waals surface area contributed by atoms with Crippen molar-refractivity contribution in [2.75, 3.05) is 0 Å². The smallest absolute Gasteiger partial charge is 0.251 e. The van der Waals surface area contributed by atoms with E-state index in [1.165, 1.54) is 0 Å². The molecule has 1 amide bonds. The molecule has 0 aliphatic heterocycles. The van der Waals surface area contributed by atoms with Gasteiger partial charge in [-0.2, -0.15) is 0 Å². The first-order valence-electron chi connectivity index (χ1n) is 6.69.